The van der Waals surface area contributed by atoms with Crippen molar-refractivity contribution in [1.29, 1.82) is 0 Å². The smallest absolute Gasteiger partial charge is 0.336 e. The third-order valence-electron chi connectivity index (χ3n) is 6.46. The zero-order valence-corrected chi connectivity index (χ0v) is 18.7. The van der Waals surface area contributed by atoms with E-state index < -0.39 is 10.2 Å². The van der Waals surface area contributed by atoms with Crippen LogP contribution in [0.5, 0.6) is 0 Å². The van der Waals surface area contributed by atoms with Crippen LogP contribution in [-0.2, 0) is 16.8 Å². The van der Waals surface area contributed by atoms with Gasteiger partial charge in [0, 0.05) is 57.3 Å². The zero-order chi connectivity index (χ0) is 21.3. The Hall–Kier alpha value is -1.74. The number of benzene rings is 1. The minimum Gasteiger partial charge on any atom is -0.422 e. The van der Waals surface area contributed by atoms with Gasteiger partial charge in [0.2, 0.25) is 0 Å². The molecule has 2 fully saturated rings. The number of aryl methyl sites for hydroxylation is 2. The van der Waals surface area contributed by atoms with Crippen LogP contribution in [0.2, 0.25) is 0 Å². The van der Waals surface area contributed by atoms with Gasteiger partial charge >= 0.3 is 5.63 Å². The van der Waals surface area contributed by atoms with Gasteiger partial charge in [-0.05, 0) is 43.4 Å². The summed E-state index contributed by atoms with van der Waals surface area (Å²) in [6, 6.07) is 5.63. The maximum Gasteiger partial charge on any atom is 0.336 e. The number of hydrogen-bond acceptors (Lipinski definition) is 5. The molecule has 7 nitrogen and oxygen atoms in total. The van der Waals surface area contributed by atoms with Crippen LogP contribution in [0.1, 0.15) is 42.4 Å². The topological polar surface area (TPSA) is 74.1 Å². The van der Waals surface area contributed by atoms with Crippen molar-refractivity contribution < 1.29 is 12.8 Å². The molecular formula is C22H31N3O4S. The molecule has 2 aliphatic heterocycles. The van der Waals surface area contributed by atoms with Crippen LogP contribution >= 0.6 is 0 Å². The fraction of sp³-hybridized carbons (Fsp3) is 0.591. The minimum absolute atomic E-state index is 0.339. The predicted molar refractivity (Wildman–Crippen MR) is 118 cm³/mol. The Kier molecular flexibility index (Phi) is 6.29. The lowest BCUT2D eigenvalue weighted by Gasteiger charge is -2.36. The highest BCUT2D eigenvalue weighted by Crippen LogP contribution is 2.25. The van der Waals surface area contributed by atoms with E-state index in [2.05, 4.69) is 4.90 Å². The Morgan fingerprint density at radius 3 is 2.20 bits per heavy atom. The first-order valence-corrected chi connectivity index (χ1v) is 12.3. The summed E-state index contributed by atoms with van der Waals surface area (Å²) in [5.41, 5.74) is 3.33. The van der Waals surface area contributed by atoms with E-state index in [0.717, 1.165) is 47.8 Å². The van der Waals surface area contributed by atoms with E-state index in [1.54, 1.807) is 14.7 Å². The summed E-state index contributed by atoms with van der Waals surface area (Å²) in [4.78, 5) is 14.3. The van der Waals surface area contributed by atoms with E-state index in [9.17, 15) is 13.2 Å². The fourth-order valence-corrected chi connectivity index (χ4v) is 6.12. The summed E-state index contributed by atoms with van der Waals surface area (Å²) in [5, 5.41) is 0.956. The van der Waals surface area contributed by atoms with Gasteiger partial charge in [0.15, 0.2) is 0 Å². The summed E-state index contributed by atoms with van der Waals surface area (Å²) < 4.78 is 34.8. The molecule has 2 aliphatic rings. The normalized spacial score (nSPS) is 20.5. The Labute approximate surface area is 178 Å². The molecule has 30 heavy (non-hydrogen) atoms. The molecule has 1 aromatic heterocycles. The minimum atomic E-state index is -3.38. The van der Waals surface area contributed by atoms with Crippen LogP contribution in [0.25, 0.3) is 11.0 Å². The Morgan fingerprint density at radius 2 is 1.53 bits per heavy atom. The monoisotopic (exact) mass is 433 g/mol. The first-order valence-electron chi connectivity index (χ1n) is 10.9. The van der Waals surface area contributed by atoms with Gasteiger partial charge in [-0.25, -0.2) is 4.79 Å². The first-order chi connectivity index (χ1) is 14.4. The summed E-state index contributed by atoms with van der Waals surface area (Å²) in [5.74, 6) is 0. The molecule has 2 aromatic rings. The third kappa shape index (κ3) is 4.32. The van der Waals surface area contributed by atoms with Gasteiger partial charge in [-0.3, -0.25) is 4.90 Å². The zero-order valence-electron chi connectivity index (χ0n) is 17.9. The average molecular weight is 434 g/mol. The second-order valence-electron chi connectivity index (χ2n) is 8.47. The molecule has 8 heteroatoms. The highest BCUT2D eigenvalue weighted by molar-refractivity contribution is 7.86. The molecular weight excluding hydrogens is 402 g/mol. The van der Waals surface area contributed by atoms with Crippen LogP contribution in [0.4, 0.5) is 0 Å². The van der Waals surface area contributed by atoms with Gasteiger partial charge < -0.3 is 4.42 Å². The number of piperazine rings is 1. The number of rotatable bonds is 4. The quantitative estimate of drug-likeness (QED) is 0.693. The lowest BCUT2D eigenvalue weighted by atomic mass is 10.0. The van der Waals surface area contributed by atoms with Crippen LogP contribution in [0.3, 0.4) is 0 Å². The Morgan fingerprint density at radius 1 is 0.900 bits per heavy atom. The SMILES string of the molecule is Cc1ccc2c(CN3CCN(S(=O)(=O)N4CCCCCC4)CC3)cc(=O)oc2c1C. The van der Waals surface area contributed by atoms with Gasteiger partial charge in [-0.15, -0.1) is 0 Å². The van der Waals surface area contributed by atoms with Gasteiger partial charge in [0.25, 0.3) is 10.2 Å². The molecule has 0 amide bonds. The van der Waals surface area contributed by atoms with Gasteiger partial charge in [-0.2, -0.15) is 17.0 Å². The molecule has 0 N–H and O–H groups in total. The van der Waals surface area contributed by atoms with E-state index in [4.69, 9.17) is 4.42 Å². The molecule has 164 valence electrons. The van der Waals surface area contributed by atoms with E-state index in [1.165, 1.54) is 0 Å². The first kappa shape index (κ1) is 21.5. The molecule has 4 rings (SSSR count). The van der Waals surface area contributed by atoms with E-state index in [0.29, 0.717) is 51.4 Å². The van der Waals surface area contributed by atoms with Crippen LogP contribution in [0, 0.1) is 13.8 Å². The van der Waals surface area contributed by atoms with Crippen molar-refractivity contribution in [3.05, 3.63) is 45.3 Å². The summed E-state index contributed by atoms with van der Waals surface area (Å²) >= 11 is 0. The summed E-state index contributed by atoms with van der Waals surface area (Å²) in [7, 11) is -3.38. The van der Waals surface area contributed by atoms with Crippen molar-refractivity contribution in [3.8, 4) is 0 Å². The Bertz CT molecular complexity index is 1060. The summed E-state index contributed by atoms with van der Waals surface area (Å²) in [6.45, 7) is 8.12. The Balaban J connectivity index is 1.47. The van der Waals surface area contributed by atoms with Crippen molar-refractivity contribution in [2.45, 2.75) is 46.1 Å². The fourth-order valence-electron chi connectivity index (χ4n) is 4.45. The number of hydrogen-bond donors (Lipinski definition) is 0. The maximum atomic E-state index is 13.0. The second kappa shape index (κ2) is 8.78. The van der Waals surface area contributed by atoms with E-state index in [-0.39, 0.29) is 5.63 Å². The molecule has 0 aliphatic carbocycles. The lowest BCUT2D eigenvalue weighted by molar-refractivity contribution is 0.175. The van der Waals surface area contributed by atoms with E-state index in [1.807, 2.05) is 26.0 Å². The predicted octanol–water partition coefficient (Wildman–Crippen LogP) is 2.65. The molecule has 3 heterocycles. The van der Waals surface area contributed by atoms with Gasteiger partial charge in [0.05, 0.1) is 0 Å². The van der Waals surface area contributed by atoms with Crippen molar-refractivity contribution in [3.63, 3.8) is 0 Å². The van der Waals surface area contributed by atoms with Crippen molar-refractivity contribution >= 4 is 21.2 Å². The number of fused-ring (bicyclic) bond motifs is 1. The van der Waals surface area contributed by atoms with Gasteiger partial charge in [-0.1, -0.05) is 25.0 Å². The standard InChI is InChI=1S/C22H31N3O4S/c1-17-7-8-20-19(15-21(26)29-22(20)18(17)2)16-23-11-13-25(14-12-23)30(27,28)24-9-5-3-4-6-10-24/h7-8,15H,3-6,9-14,16H2,1-2H3. The van der Waals surface area contributed by atoms with Crippen LogP contribution < -0.4 is 5.63 Å². The third-order valence-corrected chi connectivity index (χ3v) is 8.50. The van der Waals surface area contributed by atoms with Crippen molar-refractivity contribution in [1.82, 2.24) is 13.5 Å². The molecule has 1 aromatic carbocycles. The maximum absolute atomic E-state index is 13.0. The average Bonchev–Trinajstić information content (AvgIpc) is 3.02. The second-order valence-corrected chi connectivity index (χ2v) is 10.4. The molecule has 2 saturated heterocycles. The highest BCUT2D eigenvalue weighted by atomic mass is 32.2. The molecule has 0 atom stereocenters. The molecule has 0 spiro atoms. The van der Waals surface area contributed by atoms with E-state index >= 15 is 0 Å². The van der Waals surface area contributed by atoms with Crippen molar-refractivity contribution in [2.75, 3.05) is 39.3 Å². The molecule has 0 bridgehead atoms. The summed E-state index contributed by atoms with van der Waals surface area (Å²) in [6.07, 6.45) is 4.11. The van der Waals surface area contributed by atoms with Crippen LogP contribution in [0.15, 0.2) is 27.4 Å². The van der Waals surface area contributed by atoms with Gasteiger partial charge in [0.1, 0.15) is 5.58 Å². The molecule has 0 saturated carbocycles. The van der Waals surface area contributed by atoms with Crippen LogP contribution in [-0.4, -0.2) is 61.2 Å². The van der Waals surface area contributed by atoms with Crippen molar-refractivity contribution in [2.24, 2.45) is 0 Å². The molecule has 0 unspecified atom stereocenters. The molecule has 0 radical (unpaired) electrons. The number of nitrogens with zero attached hydrogens (tertiary/aromatic N) is 3. The highest BCUT2D eigenvalue weighted by Gasteiger charge is 2.32. The largest absolute Gasteiger partial charge is 0.422 e. The lowest BCUT2D eigenvalue weighted by Crippen LogP contribution is -2.52.